The first kappa shape index (κ1) is 25.1. The first-order valence-corrected chi connectivity index (χ1v) is 16.8. The van der Waals surface area contributed by atoms with Crippen LogP contribution in [0.3, 0.4) is 0 Å². The van der Waals surface area contributed by atoms with Crippen LogP contribution in [-0.4, -0.2) is 9.55 Å². The number of thiazole rings is 1. The maximum atomic E-state index is 5.26. The van der Waals surface area contributed by atoms with Crippen molar-refractivity contribution in [3.63, 3.8) is 0 Å². The van der Waals surface area contributed by atoms with Gasteiger partial charge in [-0.05, 0) is 53.4 Å². The molecule has 3 heterocycles. The van der Waals surface area contributed by atoms with Gasteiger partial charge in [-0.1, -0.05) is 103 Å². The summed E-state index contributed by atoms with van der Waals surface area (Å²) in [5, 5.41) is 8.75. The lowest BCUT2D eigenvalue weighted by Gasteiger charge is -2.10. The molecule has 0 aliphatic rings. The van der Waals surface area contributed by atoms with Crippen LogP contribution in [0.15, 0.2) is 146 Å². The Morgan fingerprint density at radius 2 is 1.24 bits per heavy atom. The van der Waals surface area contributed by atoms with Gasteiger partial charge in [0.05, 0.1) is 21.3 Å². The Morgan fingerprint density at radius 3 is 2.11 bits per heavy atom. The van der Waals surface area contributed by atoms with Gasteiger partial charge in [0.25, 0.3) is 0 Å². The van der Waals surface area contributed by atoms with Crippen molar-refractivity contribution in [1.82, 2.24) is 9.55 Å². The second-order valence-corrected chi connectivity index (χ2v) is 13.6. The van der Waals surface area contributed by atoms with Crippen molar-refractivity contribution in [2.75, 3.05) is 0 Å². The molecule has 0 unspecified atom stereocenters. The molecule has 0 aliphatic heterocycles. The molecule has 0 spiro atoms. The molecule has 0 bridgehead atoms. The van der Waals surface area contributed by atoms with Gasteiger partial charge < -0.3 is 4.57 Å². The largest absolute Gasteiger partial charge is 0.309 e. The summed E-state index contributed by atoms with van der Waals surface area (Å²) in [7, 11) is 0. The van der Waals surface area contributed by atoms with E-state index in [9.17, 15) is 0 Å². The fourth-order valence-electron chi connectivity index (χ4n) is 6.98. The quantitative estimate of drug-likeness (QED) is 0.195. The zero-order valence-electron chi connectivity index (χ0n) is 24.1. The van der Waals surface area contributed by atoms with Crippen molar-refractivity contribution in [1.29, 1.82) is 0 Å². The summed E-state index contributed by atoms with van der Waals surface area (Å²) in [4.78, 5) is 5.26. The van der Waals surface area contributed by atoms with Crippen molar-refractivity contribution >= 4 is 85.6 Å². The van der Waals surface area contributed by atoms with Crippen molar-refractivity contribution < 1.29 is 0 Å². The van der Waals surface area contributed by atoms with Crippen LogP contribution in [0.5, 0.6) is 0 Å². The topological polar surface area (TPSA) is 17.8 Å². The summed E-state index contributed by atoms with van der Waals surface area (Å²) in [6.07, 6.45) is 0. The minimum absolute atomic E-state index is 1.05. The van der Waals surface area contributed by atoms with Gasteiger partial charge in [-0.15, -0.1) is 22.7 Å². The SMILES string of the molecule is c1ccc(-c2cc3nc(-c4ccc(-n5c6ccccc6c6ccc7ccccc7c65)cc4)sc3c3c2sc2ccccc23)cc1. The van der Waals surface area contributed by atoms with Crippen LogP contribution in [0.4, 0.5) is 0 Å². The zero-order valence-corrected chi connectivity index (χ0v) is 25.7. The van der Waals surface area contributed by atoms with Crippen LogP contribution in [0.2, 0.25) is 0 Å². The lowest BCUT2D eigenvalue weighted by Crippen LogP contribution is -1.94. The fourth-order valence-corrected chi connectivity index (χ4v) is 9.41. The van der Waals surface area contributed by atoms with E-state index in [0.29, 0.717) is 0 Å². The van der Waals surface area contributed by atoms with Crippen LogP contribution < -0.4 is 0 Å². The minimum Gasteiger partial charge on any atom is -0.309 e. The second kappa shape index (κ2) is 9.60. The lowest BCUT2D eigenvalue weighted by molar-refractivity contribution is 1.19. The van der Waals surface area contributed by atoms with Gasteiger partial charge in [0, 0.05) is 53.1 Å². The number of fused-ring (bicyclic) bond motifs is 10. The summed E-state index contributed by atoms with van der Waals surface area (Å²) >= 11 is 3.68. The van der Waals surface area contributed by atoms with Gasteiger partial charge in [-0.25, -0.2) is 4.98 Å². The lowest BCUT2D eigenvalue weighted by atomic mass is 10.0. The number of hydrogen-bond donors (Lipinski definition) is 0. The Bertz CT molecular complexity index is 2750. The van der Waals surface area contributed by atoms with E-state index in [1.54, 1.807) is 11.3 Å². The van der Waals surface area contributed by atoms with Gasteiger partial charge in [0.15, 0.2) is 0 Å². The summed E-state index contributed by atoms with van der Waals surface area (Å²) in [6, 6.07) is 52.7. The molecule has 0 fully saturated rings. The number of nitrogens with zero attached hydrogens (tertiary/aromatic N) is 2. The summed E-state index contributed by atoms with van der Waals surface area (Å²) in [5.41, 5.74) is 8.31. The van der Waals surface area contributed by atoms with E-state index in [-0.39, 0.29) is 0 Å². The molecule has 0 saturated heterocycles. The highest BCUT2D eigenvalue weighted by Gasteiger charge is 2.19. The normalized spacial score (nSPS) is 12.0. The Morgan fingerprint density at radius 1 is 0.511 bits per heavy atom. The number of para-hydroxylation sites is 1. The average Bonchev–Trinajstić information content (AvgIpc) is 3.80. The van der Waals surface area contributed by atoms with Crippen molar-refractivity contribution in [2.24, 2.45) is 0 Å². The summed E-state index contributed by atoms with van der Waals surface area (Å²) < 4.78 is 6.33. The van der Waals surface area contributed by atoms with Crippen molar-refractivity contribution in [3.8, 4) is 27.4 Å². The van der Waals surface area contributed by atoms with E-state index in [2.05, 4.69) is 150 Å². The van der Waals surface area contributed by atoms with Crippen LogP contribution in [0.1, 0.15) is 0 Å². The average molecular weight is 609 g/mol. The van der Waals surface area contributed by atoms with Crippen LogP contribution in [0, 0.1) is 0 Å². The first-order valence-electron chi connectivity index (χ1n) is 15.1. The van der Waals surface area contributed by atoms with Gasteiger partial charge in [-0.3, -0.25) is 0 Å². The molecule has 7 aromatic carbocycles. The standard InChI is InChI=1S/C41H24N2S2/c1-2-10-25(11-3-1)33-24-34-40(37-32-15-7-9-17-36(32)44-39(33)37)45-41(42-34)27-18-21-28(22-19-27)43-35-16-8-6-14-30(35)31-23-20-26-12-4-5-13-29(26)38(31)43/h1-24H. The molecule has 0 atom stereocenters. The van der Waals surface area contributed by atoms with Crippen LogP contribution in [-0.2, 0) is 0 Å². The van der Waals surface area contributed by atoms with Gasteiger partial charge in [0.1, 0.15) is 5.01 Å². The Hall–Kier alpha value is -5.29. The smallest absolute Gasteiger partial charge is 0.124 e. The van der Waals surface area contributed by atoms with Crippen LogP contribution in [0.25, 0.3) is 90.4 Å². The van der Waals surface area contributed by atoms with Crippen LogP contribution >= 0.6 is 22.7 Å². The van der Waals surface area contributed by atoms with Gasteiger partial charge in [-0.2, -0.15) is 0 Å². The number of rotatable bonds is 3. The zero-order chi connectivity index (χ0) is 29.5. The number of hydrogen-bond acceptors (Lipinski definition) is 3. The number of thiophene rings is 1. The highest BCUT2D eigenvalue weighted by Crippen LogP contribution is 2.47. The molecule has 0 aliphatic carbocycles. The third kappa shape index (κ3) is 3.70. The van der Waals surface area contributed by atoms with Crippen molar-refractivity contribution in [2.45, 2.75) is 0 Å². The molecule has 10 aromatic rings. The molecular weight excluding hydrogens is 585 g/mol. The van der Waals surface area contributed by atoms with E-state index in [1.165, 1.54) is 68.6 Å². The molecular formula is C41H24N2S2. The highest BCUT2D eigenvalue weighted by molar-refractivity contribution is 7.28. The predicted molar refractivity (Wildman–Crippen MR) is 195 cm³/mol. The Balaban J connectivity index is 1.17. The molecule has 0 N–H and O–H groups in total. The second-order valence-electron chi connectivity index (χ2n) is 11.5. The highest BCUT2D eigenvalue weighted by atomic mass is 32.1. The van der Waals surface area contributed by atoms with Gasteiger partial charge >= 0.3 is 0 Å². The number of benzene rings is 7. The molecule has 0 amide bonds. The minimum atomic E-state index is 1.05. The molecule has 0 saturated carbocycles. The Labute approximate surface area is 267 Å². The van der Waals surface area contributed by atoms with E-state index in [0.717, 1.165) is 21.8 Å². The molecule has 0 radical (unpaired) electrons. The summed E-state index contributed by atoms with van der Waals surface area (Å²) in [6.45, 7) is 0. The third-order valence-electron chi connectivity index (χ3n) is 9.02. The number of aromatic nitrogens is 2. The predicted octanol–water partition coefficient (Wildman–Crippen LogP) is 12.2. The van der Waals surface area contributed by atoms with E-state index in [1.807, 2.05) is 11.3 Å². The molecule has 2 nitrogen and oxygen atoms in total. The molecule has 3 aromatic heterocycles. The molecule has 10 rings (SSSR count). The summed E-state index contributed by atoms with van der Waals surface area (Å²) in [5.74, 6) is 0. The molecule has 45 heavy (non-hydrogen) atoms. The molecule has 4 heteroatoms. The Kier molecular flexibility index (Phi) is 5.35. The molecule has 210 valence electrons. The van der Waals surface area contributed by atoms with Gasteiger partial charge in [0.2, 0.25) is 0 Å². The van der Waals surface area contributed by atoms with E-state index < -0.39 is 0 Å². The maximum absolute atomic E-state index is 5.26. The van der Waals surface area contributed by atoms with E-state index in [4.69, 9.17) is 4.98 Å². The maximum Gasteiger partial charge on any atom is 0.124 e. The first-order chi connectivity index (χ1) is 22.3. The third-order valence-corrected chi connectivity index (χ3v) is 11.4. The van der Waals surface area contributed by atoms with Crippen molar-refractivity contribution in [3.05, 3.63) is 146 Å². The van der Waals surface area contributed by atoms with E-state index >= 15 is 0 Å². The fraction of sp³-hybridized carbons (Fsp3) is 0. The monoisotopic (exact) mass is 608 g/mol.